The molecule has 1 fully saturated rings. The first-order chi connectivity index (χ1) is 15.1. The predicted octanol–water partition coefficient (Wildman–Crippen LogP) is 5.15. The summed E-state index contributed by atoms with van der Waals surface area (Å²) in [5.41, 5.74) is 2.48. The van der Waals surface area contributed by atoms with Crippen molar-refractivity contribution in [2.45, 2.75) is 32.3 Å². The Morgan fingerprint density at radius 1 is 1.13 bits per heavy atom. The predicted molar refractivity (Wildman–Crippen MR) is 113 cm³/mol. The number of nitrogens with zero attached hydrogens (tertiary/aromatic N) is 2. The highest BCUT2D eigenvalue weighted by atomic mass is 16.6. The van der Waals surface area contributed by atoms with Gasteiger partial charge in [0.05, 0.1) is 10.5 Å². The number of rotatable bonds is 5. The quantitative estimate of drug-likeness (QED) is 0.247. The molecule has 0 spiro atoms. The number of hydrogen-bond donors (Lipinski definition) is 0. The Bertz CT molecular complexity index is 1130. The number of aromatic nitrogens is 1. The maximum Gasteiger partial charge on any atom is 0.338 e. The van der Waals surface area contributed by atoms with Crippen LogP contribution in [-0.4, -0.2) is 16.0 Å². The summed E-state index contributed by atoms with van der Waals surface area (Å²) in [6.07, 6.45) is 4.85. The minimum Gasteiger partial charge on any atom is -0.454 e. The molecule has 1 heterocycles. The molecule has 2 aromatic carbocycles. The molecule has 0 N–H and O–H groups in total. The topological polar surface area (TPSA) is 95.5 Å². The first-order valence-corrected chi connectivity index (χ1v) is 10.1. The lowest BCUT2D eigenvalue weighted by molar-refractivity contribution is -0.384. The van der Waals surface area contributed by atoms with Gasteiger partial charge in [-0.3, -0.25) is 10.1 Å². The molecule has 1 aliphatic rings. The highest BCUT2D eigenvalue weighted by molar-refractivity contribution is 5.89. The van der Waals surface area contributed by atoms with E-state index in [1.807, 2.05) is 12.1 Å². The largest absolute Gasteiger partial charge is 0.454 e. The third-order valence-electron chi connectivity index (χ3n) is 5.17. The minimum atomic E-state index is -0.469. The van der Waals surface area contributed by atoms with Crippen LogP contribution in [-0.2, 0) is 11.3 Å². The Morgan fingerprint density at radius 3 is 2.52 bits per heavy atom. The number of nitro benzene ring substituents is 1. The number of hydrogen-bond acceptors (Lipinski definition) is 6. The summed E-state index contributed by atoms with van der Waals surface area (Å²) in [5.74, 6) is 6.87. The Morgan fingerprint density at radius 2 is 1.84 bits per heavy atom. The van der Waals surface area contributed by atoms with Gasteiger partial charge in [0, 0.05) is 35.2 Å². The van der Waals surface area contributed by atoms with E-state index in [0.717, 1.165) is 5.56 Å². The van der Waals surface area contributed by atoms with Crippen LogP contribution < -0.4 is 0 Å². The van der Waals surface area contributed by atoms with Crippen LogP contribution in [0.5, 0.6) is 0 Å². The number of non-ortho nitro benzene ring substituents is 1. The van der Waals surface area contributed by atoms with Crippen LogP contribution in [0.3, 0.4) is 0 Å². The van der Waals surface area contributed by atoms with Gasteiger partial charge < -0.3 is 9.26 Å². The molecule has 0 amide bonds. The maximum atomic E-state index is 12.3. The lowest BCUT2D eigenvalue weighted by Crippen LogP contribution is -2.04. The number of benzene rings is 2. The number of carbonyl (C=O) groups excluding carboxylic acids is 1. The van der Waals surface area contributed by atoms with E-state index in [9.17, 15) is 14.9 Å². The van der Waals surface area contributed by atoms with Gasteiger partial charge in [-0.15, -0.1) is 0 Å². The van der Waals surface area contributed by atoms with Crippen LogP contribution in [0.4, 0.5) is 5.69 Å². The summed E-state index contributed by atoms with van der Waals surface area (Å²) < 4.78 is 10.5. The fraction of sp³-hybridized carbons (Fsp3) is 0.250. The second-order valence-corrected chi connectivity index (χ2v) is 7.39. The third-order valence-corrected chi connectivity index (χ3v) is 5.17. The molecule has 0 saturated heterocycles. The van der Waals surface area contributed by atoms with Crippen LogP contribution in [0, 0.1) is 27.9 Å². The highest BCUT2D eigenvalue weighted by Crippen LogP contribution is 2.24. The molecule has 0 aliphatic heterocycles. The van der Waals surface area contributed by atoms with E-state index in [1.54, 1.807) is 30.3 Å². The van der Waals surface area contributed by atoms with Crippen LogP contribution in [0.2, 0.25) is 0 Å². The Hall–Kier alpha value is -3.92. The van der Waals surface area contributed by atoms with Crippen molar-refractivity contribution in [3.63, 3.8) is 0 Å². The molecule has 1 aliphatic carbocycles. The first-order valence-electron chi connectivity index (χ1n) is 10.1. The lowest BCUT2D eigenvalue weighted by atomic mass is 10.1. The van der Waals surface area contributed by atoms with Crippen molar-refractivity contribution in [1.82, 2.24) is 5.16 Å². The lowest BCUT2D eigenvalue weighted by Gasteiger charge is -2.02. The Balaban J connectivity index is 1.33. The van der Waals surface area contributed by atoms with Crippen molar-refractivity contribution in [1.29, 1.82) is 0 Å². The summed E-state index contributed by atoms with van der Waals surface area (Å²) >= 11 is 0. The summed E-state index contributed by atoms with van der Waals surface area (Å²) in [6.45, 7) is -0.0674. The maximum absolute atomic E-state index is 12.3. The van der Waals surface area contributed by atoms with Crippen LogP contribution in [0.1, 0.15) is 47.4 Å². The summed E-state index contributed by atoms with van der Waals surface area (Å²) in [5, 5.41) is 14.7. The fourth-order valence-electron chi connectivity index (χ4n) is 3.44. The van der Waals surface area contributed by atoms with Gasteiger partial charge in [-0.25, -0.2) is 4.79 Å². The molecule has 7 nitrogen and oxygen atoms in total. The number of esters is 1. The summed E-state index contributed by atoms with van der Waals surface area (Å²) in [6, 6.07) is 14.6. The van der Waals surface area contributed by atoms with E-state index in [-0.39, 0.29) is 12.3 Å². The highest BCUT2D eigenvalue weighted by Gasteiger charge is 2.13. The SMILES string of the molecule is O=C(OCc1cc(-c2ccc([N+](=O)[O-])cc2)no1)c1ccc(C#CC2CCCC2)cc1. The Labute approximate surface area is 179 Å². The summed E-state index contributed by atoms with van der Waals surface area (Å²) in [7, 11) is 0. The Kier molecular flexibility index (Phi) is 6.08. The smallest absolute Gasteiger partial charge is 0.338 e. The van der Waals surface area contributed by atoms with Gasteiger partial charge in [0.2, 0.25) is 0 Å². The van der Waals surface area contributed by atoms with Crippen molar-refractivity contribution in [2.75, 3.05) is 0 Å². The van der Waals surface area contributed by atoms with Gasteiger partial charge in [-0.05, 0) is 49.2 Å². The standard InChI is InChI=1S/C24H20N2O5/c27-24(20-9-7-18(8-10-20)6-5-17-3-1-2-4-17)30-16-22-15-23(25-31-22)19-11-13-21(14-12-19)26(28)29/h7-15,17H,1-4,16H2. The van der Waals surface area contributed by atoms with Crippen LogP contribution in [0.15, 0.2) is 59.1 Å². The molecule has 31 heavy (non-hydrogen) atoms. The third kappa shape index (κ3) is 5.17. The van der Waals surface area contributed by atoms with Crippen LogP contribution in [0.25, 0.3) is 11.3 Å². The van der Waals surface area contributed by atoms with E-state index in [4.69, 9.17) is 9.26 Å². The molecule has 156 valence electrons. The molecule has 0 radical (unpaired) electrons. The number of carbonyl (C=O) groups is 1. The monoisotopic (exact) mass is 416 g/mol. The molecule has 0 unspecified atom stereocenters. The average molecular weight is 416 g/mol. The molecule has 0 bridgehead atoms. The second-order valence-electron chi connectivity index (χ2n) is 7.39. The zero-order valence-corrected chi connectivity index (χ0v) is 16.7. The molecule has 4 rings (SSSR count). The molecule has 0 atom stereocenters. The molecule has 1 saturated carbocycles. The first kappa shape index (κ1) is 20.4. The van der Waals surface area contributed by atoms with Crippen molar-refractivity contribution < 1.29 is 19.0 Å². The van der Waals surface area contributed by atoms with E-state index in [1.165, 1.54) is 37.8 Å². The van der Waals surface area contributed by atoms with Crippen molar-refractivity contribution in [3.05, 3.63) is 81.6 Å². The molecular formula is C24H20N2O5. The molecule has 7 heteroatoms. The van der Waals surface area contributed by atoms with E-state index in [0.29, 0.717) is 28.5 Å². The molecular weight excluding hydrogens is 396 g/mol. The van der Waals surface area contributed by atoms with Gasteiger partial charge >= 0.3 is 5.97 Å². The van der Waals surface area contributed by atoms with Gasteiger partial charge in [0.25, 0.3) is 5.69 Å². The van der Waals surface area contributed by atoms with Crippen molar-refractivity contribution >= 4 is 11.7 Å². The second kappa shape index (κ2) is 9.26. The van der Waals surface area contributed by atoms with Gasteiger partial charge in [-0.1, -0.05) is 29.8 Å². The fourth-order valence-corrected chi connectivity index (χ4v) is 3.44. The average Bonchev–Trinajstić information content (AvgIpc) is 3.49. The van der Waals surface area contributed by atoms with Crippen molar-refractivity contribution in [3.8, 4) is 23.1 Å². The normalized spacial score (nSPS) is 13.4. The van der Waals surface area contributed by atoms with Gasteiger partial charge in [0.15, 0.2) is 12.4 Å². The zero-order chi connectivity index (χ0) is 21.6. The van der Waals surface area contributed by atoms with E-state index < -0.39 is 10.9 Å². The minimum absolute atomic E-state index is 0.00284. The zero-order valence-electron chi connectivity index (χ0n) is 16.7. The number of nitro groups is 1. The van der Waals surface area contributed by atoms with E-state index >= 15 is 0 Å². The van der Waals surface area contributed by atoms with E-state index in [2.05, 4.69) is 17.0 Å². The van der Waals surface area contributed by atoms with Gasteiger partial charge in [-0.2, -0.15) is 0 Å². The summed E-state index contributed by atoms with van der Waals surface area (Å²) in [4.78, 5) is 22.6. The van der Waals surface area contributed by atoms with Crippen LogP contribution >= 0.6 is 0 Å². The van der Waals surface area contributed by atoms with Gasteiger partial charge in [0.1, 0.15) is 5.69 Å². The molecule has 3 aromatic rings. The number of ether oxygens (including phenoxy) is 1. The van der Waals surface area contributed by atoms with Crippen molar-refractivity contribution in [2.24, 2.45) is 5.92 Å². The molecule has 1 aromatic heterocycles.